The van der Waals surface area contributed by atoms with Crippen LogP contribution in [-0.4, -0.2) is 54.7 Å². The van der Waals surface area contributed by atoms with Crippen molar-refractivity contribution in [1.29, 1.82) is 5.26 Å². The van der Waals surface area contributed by atoms with E-state index in [2.05, 4.69) is 15.5 Å². The quantitative estimate of drug-likeness (QED) is 0.685. The van der Waals surface area contributed by atoms with Gasteiger partial charge in [0.1, 0.15) is 29.0 Å². The molecule has 1 fully saturated rings. The van der Waals surface area contributed by atoms with Crippen molar-refractivity contribution in [3.8, 4) is 6.07 Å². The summed E-state index contributed by atoms with van der Waals surface area (Å²) >= 11 is 3.84. The highest BCUT2D eigenvalue weighted by molar-refractivity contribution is 8.07. The van der Waals surface area contributed by atoms with E-state index in [0.29, 0.717) is 9.24 Å². The van der Waals surface area contributed by atoms with Crippen LogP contribution < -0.4 is 5.32 Å². The van der Waals surface area contributed by atoms with Crippen LogP contribution in [0.25, 0.3) is 0 Å². The SMILES string of the molecule is CC1S[C@@H]2C(NC(=O)CC#N)C(=O)N2C(C(=O)O)=C1Sc1nncs1. The van der Waals surface area contributed by atoms with Gasteiger partial charge in [0.2, 0.25) is 5.91 Å². The molecular weight excluding hydrogens is 386 g/mol. The molecule has 9 nitrogen and oxygen atoms in total. The van der Waals surface area contributed by atoms with Gasteiger partial charge < -0.3 is 10.4 Å². The van der Waals surface area contributed by atoms with Gasteiger partial charge in [-0.3, -0.25) is 14.5 Å². The monoisotopic (exact) mass is 397 g/mol. The summed E-state index contributed by atoms with van der Waals surface area (Å²) in [6, 6.07) is 0.890. The minimum absolute atomic E-state index is 0.0905. The van der Waals surface area contributed by atoms with Crippen LogP contribution in [0.5, 0.6) is 0 Å². The summed E-state index contributed by atoms with van der Waals surface area (Å²) in [5, 5.41) is 27.6. The van der Waals surface area contributed by atoms with E-state index in [4.69, 9.17) is 5.26 Å². The molecule has 25 heavy (non-hydrogen) atoms. The third-order valence-corrected chi connectivity index (χ3v) is 7.13. The Morgan fingerprint density at radius 2 is 2.32 bits per heavy atom. The number of carbonyl (C=O) groups excluding carboxylic acids is 2. The summed E-state index contributed by atoms with van der Waals surface area (Å²) in [7, 11) is 0. The highest BCUT2D eigenvalue weighted by Gasteiger charge is 2.55. The van der Waals surface area contributed by atoms with E-state index in [1.54, 1.807) is 11.6 Å². The summed E-state index contributed by atoms with van der Waals surface area (Å²) in [6.07, 6.45) is -0.351. The molecule has 1 saturated heterocycles. The highest BCUT2D eigenvalue weighted by atomic mass is 32.2. The van der Waals surface area contributed by atoms with Crippen molar-refractivity contribution in [3.05, 3.63) is 16.1 Å². The number of thioether (sulfide) groups is 2. The molecule has 2 unspecified atom stereocenters. The molecule has 12 heteroatoms. The average molecular weight is 397 g/mol. The van der Waals surface area contributed by atoms with Gasteiger partial charge in [0.25, 0.3) is 5.91 Å². The van der Waals surface area contributed by atoms with E-state index in [9.17, 15) is 19.5 Å². The van der Waals surface area contributed by atoms with Crippen molar-refractivity contribution >= 4 is 52.6 Å². The standard InChI is InChI=1S/C13H11N5O4S3/c1-5-9(25-13-17-15-4-23-13)8(12(21)22)18-10(20)7(11(18)24-5)16-6(19)2-3-14/h4-5,7,11H,2H2,1H3,(H,16,19)(H,21,22)/t5?,7?,11-/m1/s1. The first-order chi connectivity index (χ1) is 11.9. The van der Waals surface area contributed by atoms with Crippen molar-refractivity contribution in [3.63, 3.8) is 0 Å². The average Bonchev–Trinajstić information content (AvgIpc) is 3.07. The van der Waals surface area contributed by atoms with Crippen LogP contribution in [0.4, 0.5) is 0 Å². The number of aromatic nitrogens is 2. The number of nitriles is 1. The van der Waals surface area contributed by atoms with Crippen molar-refractivity contribution in [2.45, 2.75) is 34.3 Å². The lowest BCUT2D eigenvalue weighted by Gasteiger charge is -2.50. The van der Waals surface area contributed by atoms with Crippen LogP contribution in [-0.2, 0) is 14.4 Å². The number of rotatable bonds is 5. The maximum atomic E-state index is 12.4. The van der Waals surface area contributed by atoms with Crippen molar-refractivity contribution in [2.24, 2.45) is 0 Å². The molecule has 0 saturated carbocycles. The molecule has 3 rings (SSSR count). The highest BCUT2D eigenvalue weighted by Crippen LogP contribution is 2.49. The zero-order chi connectivity index (χ0) is 18.1. The van der Waals surface area contributed by atoms with Gasteiger partial charge in [-0.15, -0.1) is 22.0 Å². The smallest absolute Gasteiger partial charge is 0.353 e. The fourth-order valence-electron chi connectivity index (χ4n) is 2.49. The normalized spacial score (nSPS) is 25.0. The number of β-lactam (4-membered cyclic amide) rings is 1. The van der Waals surface area contributed by atoms with Crippen LogP contribution in [0.3, 0.4) is 0 Å². The predicted molar refractivity (Wildman–Crippen MR) is 90.3 cm³/mol. The molecule has 2 aliphatic rings. The summed E-state index contributed by atoms with van der Waals surface area (Å²) < 4.78 is 0.589. The molecule has 2 amide bonds. The van der Waals surface area contributed by atoms with Gasteiger partial charge >= 0.3 is 5.97 Å². The molecule has 3 heterocycles. The number of aliphatic carboxylic acids is 1. The number of carbonyl (C=O) groups is 3. The first-order valence-corrected chi connectivity index (χ1v) is 9.64. The number of nitrogens with zero attached hydrogens (tertiary/aromatic N) is 4. The molecule has 1 aromatic rings. The topological polar surface area (TPSA) is 136 Å². The van der Waals surface area contributed by atoms with E-state index < -0.39 is 29.2 Å². The lowest BCUT2D eigenvalue weighted by atomic mass is 10.0. The summed E-state index contributed by atoms with van der Waals surface area (Å²) in [6.45, 7) is 1.84. The Bertz CT molecular complexity index is 803. The van der Waals surface area contributed by atoms with Crippen LogP contribution in [0.15, 0.2) is 20.5 Å². The summed E-state index contributed by atoms with van der Waals surface area (Å²) in [5.41, 5.74) is 1.45. The van der Waals surface area contributed by atoms with E-state index in [0.717, 1.165) is 0 Å². The zero-order valence-electron chi connectivity index (χ0n) is 12.7. The molecule has 0 aliphatic carbocycles. The molecular formula is C13H11N5O4S3. The molecule has 1 aromatic heterocycles. The Kier molecular flexibility index (Phi) is 4.98. The van der Waals surface area contributed by atoms with Crippen molar-refractivity contribution < 1.29 is 19.5 Å². The number of carboxylic acid groups (broad SMARTS) is 1. The predicted octanol–water partition coefficient (Wildman–Crippen LogP) is 0.628. The second-order valence-electron chi connectivity index (χ2n) is 5.08. The molecule has 0 aromatic carbocycles. The van der Waals surface area contributed by atoms with Crippen LogP contribution in [0.1, 0.15) is 13.3 Å². The van der Waals surface area contributed by atoms with Gasteiger partial charge in [0.15, 0.2) is 4.34 Å². The minimum Gasteiger partial charge on any atom is -0.477 e. The Hall–Kier alpha value is -2.10. The molecule has 2 N–H and O–H groups in total. The maximum Gasteiger partial charge on any atom is 0.353 e. The Labute approximate surface area is 154 Å². The Balaban J connectivity index is 1.88. The van der Waals surface area contributed by atoms with Crippen molar-refractivity contribution in [2.75, 3.05) is 0 Å². The second kappa shape index (κ2) is 7.03. The number of nitrogens with one attached hydrogen (secondary N) is 1. The van der Waals surface area contributed by atoms with Crippen molar-refractivity contribution in [1.82, 2.24) is 20.4 Å². The second-order valence-corrected chi connectivity index (χ2v) is 8.67. The first kappa shape index (κ1) is 17.7. The fraction of sp³-hybridized carbons (Fsp3) is 0.385. The number of amides is 2. The van der Waals surface area contributed by atoms with Gasteiger partial charge in [0.05, 0.1) is 6.07 Å². The summed E-state index contributed by atoms with van der Waals surface area (Å²) in [5.74, 6) is -2.26. The van der Waals surface area contributed by atoms with Crippen LogP contribution in [0.2, 0.25) is 0 Å². The number of fused-ring (bicyclic) bond motifs is 1. The third-order valence-electron chi connectivity index (χ3n) is 3.53. The lowest BCUT2D eigenvalue weighted by Crippen LogP contribution is -2.71. The van der Waals surface area contributed by atoms with Gasteiger partial charge in [-0.25, -0.2) is 4.79 Å². The Morgan fingerprint density at radius 3 is 2.92 bits per heavy atom. The van der Waals surface area contributed by atoms with E-state index in [1.807, 2.05) is 6.92 Å². The molecule has 130 valence electrons. The zero-order valence-corrected chi connectivity index (χ0v) is 15.2. The van der Waals surface area contributed by atoms with Gasteiger partial charge in [0, 0.05) is 10.2 Å². The number of carboxylic acids is 1. The number of hydrogen-bond donors (Lipinski definition) is 2. The van der Waals surface area contributed by atoms with Gasteiger partial charge in [-0.1, -0.05) is 23.1 Å². The van der Waals surface area contributed by atoms with Crippen LogP contribution >= 0.6 is 34.9 Å². The third kappa shape index (κ3) is 3.22. The molecule has 0 spiro atoms. The molecule has 2 aliphatic heterocycles. The fourth-order valence-corrected chi connectivity index (χ4v) is 5.72. The van der Waals surface area contributed by atoms with Gasteiger partial charge in [-0.2, -0.15) is 5.26 Å². The lowest BCUT2D eigenvalue weighted by molar-refractivity contribution is -0.150. The van der Waals surface area contributed by atoms with E-state index >= 15 is 0 Å². The summed E-state index contributed by atoms with van der Waals surface area (Å²) in [4.78, 5) is 37.4. The molecule has 0 bridgehead atoms. The molecule has 0 radical (unpaired) electrons. The van der Waals surface area contributed by atoms with E-state index in [1.165, 1.54) is 39.8 Å². The maximum absolute atomic E-state index is 12.4. The first-order valence-electron chi connectivity index (χ1n) is 7.00. The Morgan fingerprint density at radius 1 is 1.56 bits per heavy atom. The van der Waals surface area contributed by atoms with Crippen LogP contribution in [0, 0.1) is 11.3 Å². The van der Waals surface area contributed by atoms with Gasteiger partial charge in [-0.05, 0) is 6.92 Å². The number of hydrogen-bond acceptors (Lipinski definition) is 9. The minimum atomic E-state index is -1.21. The largest absolute Gasteiger partial charge is 0.477 e. The van der Waals surface area contributed by atoms with E-state index in [-0.39, 0.29) is 17.4 Å². The molecule has 3 atom stereocenters.